The van der Waals surface area contributed by atoms with E-state index in [2.05, 4.69) is 59.7 Å². The molecule has 0 heterocycles. The van der Waals surface area contributed by atoms with Gasteiger partial charge in [-0.3, -0.25) is 0 Å². The molecule has 0 aliphatic rings. The van der Waals surface area contributed by atoms with Gasteiger partial charge in [0.2, 0.25) is 0 Å². The second-order valence-electron chi connectivity index (χ2n) is 5.59. The number of aryl methyl sites for hydroxylation is 1. The number of hydrogen-bond acceptors (Lipinski definition) is 1. The highest BCUT2D eigenvalue weighted by molar-refractivity contribution is 5.83. The molecule has 0 radical (unpaired) electrons. The largest absolute Gasteiger partial charge is 0.398 e. The summed E-state index contributed by atoms with van der Waals surface area (Å²) < 4.78 is 0. The van der Waals surface area contributed by atoms with Crippen molar-refractivity contribution in [3.63, 3.8) is 0 Å². The van der Waals surface area contributed by atoms with Crippen LogP contribution in [0.25, 0.3) is 11.1 Å². The molecule has 2 aromatic carbocycles. The number of benzene rings is 2. The Hall–Kier alpha value is -1.76. The molecule has 0 bridgehead atoms. The second kappa shape index (κ2) is 4.73. The van der Waals surface area contributed by atoms with Crippen LogP contribution in [0.3, 0.4) is 0 Å². The summed E-state index contributed by atoms with van der Waals surface area (Å²) in [4.78, 5) is 0. The van der Waals surface area contributed by atoms with Crippen molar-refractivity contribution in [3.8, 4) is 11.1 Å². The van der Waals surface area contributed by atoms with Gasteiger partial charge in [-0.05, 0) is 86.6 Å². The first kappa shape index (κ1) is 13.7. The molecule has 2 aromatic rings. The fourth-order valence-electron chi connectivity index (χ4n) is 2.81. The van der Waals surface area contributed by atoms with Gasteiger partial charge >= 0.3 is 0 Å². The van der Waals surface area contributed by atoms with Gasteiger partial charge in [-0.2, -0.15) is 0 Å². The third-order valence-electron chi connectivity index (χ3n) is 4.48. The highest BCUT2D eigenvalue weighted by Gasteiger charge is 2.15. The number of nitrogen functional groups attached to an aromatic ring is 1. The topological polar surface area (TPSA) is 26.0 Å². The molecule has 0 saturated heterocycles. The zero-order valence-electron chi connectivity index (χ0n) is 12.8. The maximum Gasteiger partial charge on any atom is 0.0396 e. The fraction of sp³-hybridized carbons (Fsp3) is 0.333. The van der Waals surface area contributed by atoms with Crippen LogP contribution in [0.2, 0.25) is 0 Å². The zero-order chi connectivity index (χ0) is 14.3. The van der Waals surface area contributed by atoms with E-state index >= 15 is 0 Å². The molecular formula is C18H23N. The van der Waals surface area contributed by atoms with E-state index in [1.807, 2.05) is 0 Å². The monoisotopic (exact) mass is 253 g/mol. The van der Waals surface area contributed by atoms with E-state index in [1.165, 1.54) is 38.9 Å². The van der Waals surface area contributed by atoms with Crippen molar-refractivity contribution in [2.24, 2.45) is 0 Å². The number of hydrogen-bond donors (Lipinski definition) is 1. The van der Waals surface area contributed by atoms with Gasteiger partial charge in [0.05, 0.1) is 0 Å². The summed E-state index contributed by atoms with van der Waals surface area (Å²) in [6.45, 7) is 13.1. The highest BCUT2D eigenvalue weighted by atomic mass is 14.6. The quantitative estimate of drug-likeness (QED) is 0.727. The third-order valence-corrected chi connectivity index (χ3v) is 4.48. The van der Waals surface area contributed by atoms with Crippen LogP contribution >= 0.6 is 0 Å². The lowest BCUT2D eigenvalue weighted by atomic mass is 9.85. The lowest BCUT2D eigenvalue weighted by Gasteiger charge is -2.20. The number of nitrogens with two attached hydrogens (primary N) is 1. The Morgan fingerprint density at radius 3 is 1.63 bits per heavy atom. The van der Waals surface area contributed by atoms with E-state index in [0.29, 0.717) is 0 Å². The summed E-state index contributed by atoms with van der Waals surface area (Å²) in [6.07, 6.45) is 0. The maximum absolute atomic E-state index is 6.23. The second-order valence-corrected chi connectivity index (χ2v) is 5.59. The summed E-state index contributed by atoms with van der Waals surface area (Å²) in [5.41, 5.74) is 17.6. The SMILES string of the molecule is Cc1ccc(-c2c(C)c(C)c(C)c(C)c2C)c(N)c1. The molecule has 0 aliphatic heterocycles. The molecule has 2 N–H and O–H groups in total. The summed E-state index contributed by atoms with van der Waals surface area (Å²) in [5.74, 6) is 0. The molecule has 0 atom stereocenters. The minimum absolute atomic E-state index is 0.869. The first-order valence-electron chi connectivity index (χ1n) is 6.78. The predicted molar refractivity (Wildman–Crippen MR) is 84.7 cm³/mol. The Morgan fingerprint density at radius 2 is 1.16 bits per heavy atom. The minimum Gasteiger partial charge on any atom is -0.398 e. The van der Waals surface area contributed by atoms with Gasteiger partial charge in [0.1, 0.15) is 0 Å². The Balaban J connectivity index is 2.83. The molecule has 0 unspecified atom stereocenters. The standard InChI is InChI=1S/C18H23N/c1-10-7-8-16(17(19)9-10)18-14(5)12(3)11(2)13(4)15(18)6/h7-9H,19H2,1-6H3. The molecule has 100 valence electrons. The molecule has 1 heteroatoms. The van der Waals surface area contributed by atoms with Crippen molar-refractivity contribution in [3.05, 3.63) is 51.6 Å². The van der Waals surface area contributed by atoms with E-state index in [1.54, 1.807) is 0 Å². The lowest BCUT2D eigenvalue weighted by Crippen LogP contribution is -2.01. The normalized spacial score (nSPS) is 10.8. The van der Waals surface area contributed by atoms with E-state index in [4.69, 9.17) is 5.73 Å². The lowest BCUT2D eigenvalue weighted by molar-refractivity contribution is 1.18. The van der Waals surface area contributed by atoms with Crippen molar-refractivity contribution in [1.82, 2.24) is 0 Å². The van der Waals surface area contributed by atoms with Crippen LogP contribution in [-0.4, -0.2) is 0 Å². The van der Waals surface area contributed by atoms with Gasteiger partial charge in [-0.15, -0.1) is 0 Å². The van der Waals surface area contributed by atoms with Crippen LogP contribution in [0.5, 0.6) is 0 Å². The highest BCUT2D eigenvalue weighted by Crippen LogP contribution is 2.36. The average molecular weight is 253 g/mol. The Kier molecular flexibility index (Phi) is 3.40. The molecule has 1 nitrogen and oxygen atoms in total. The van der Waals surface area contributed by atoms with Gasteiger partial charge in [0.15, 0.2) is 0 Å². The van der Waals surface area contributed by atoms with Gasteiger partial charge in [0.25, 0.3) is 0 Å². The molecule has 0 amide bonds. The van der Waals surface area contributed by atoms with Gasteiger partial charge < -0.3 is 5.73 Å². The van der Waals surface area contributed by atoms with Crippen molar-refractivity contribution in [1.29, 1.82) is 0 Å². The van der Waals surface area contributed by atoms with Crippen molar-refractivity contribution < 1.29 is 0 Å². The first-order chi connectivity index (χ1) is 8.84. The summed E-state index contributed by atoms with van der Waals surface area (Å²) in [6, 6.07) is 6.34. The third kappa shape index (κ3) is 2.14. The maximum atomic E-state index is 6.23. The molecule has 0 saturated carbocycles. The van der Waals surface area contributed by atoms with E-state index in [0.717, 1.165) is 11.3 Å². The Bertz CT molecular complexity index is 622. The summed E-state index contributed by atoms with van der Waals surface area (Å²) >= 11 is 0. The van der Waals surface area contributed by atoms with Crippen LogP contribution in [-0.2, 0) is 0 Å². The molecule has 0 fully saturated rings. The van der Waals surface area contributed by atoms with Crippen LogP contribution in [0.15, 0.2) is 18.2 Å². The number of anilines is 1. The van der Waals surface area contributed by atoms with E-state index in [-0.39, 0.29) is 0 Å². The van der Waals surface area contributed by atoms with Gasteiger partial charge in [-0.1, -0.05) is 12.1 Å². The van der Waals surface area contributed by atoms with Gasteiger partial charge in [-0.25, -0.2) is 0 Å². The molecular weight excluding hydrogens is 230 g/mol. The first-order valence-corrected chi connectivity index (χ1v) is 6.78. The molecule has 0 aliphatic carbocycles. The van der Waals surface area contributed by atoms with E-state index < -0.39 is 0 Å². The van der Waals surface area contributed by atoms with Crippen molar-refractivity contribution in [2.45, 2.75) is 41.5 Å². The van der Waals surface area contributed by atoms with Crippen molar-refractivity contribution in [2.75, 3.05) is 5.73 Å². The molecule has 19 heavy (non-hydrogen) atoms. The Labute approximate surface area is 116 Å². The smallest absolute Gasteiger partial charge is 0.0396 e. The summed E-state index contributed by atoms with van der Waals surface area (Å²) in [7, 11) is 0. The van der Waals surface area contributed by atoms with Crippen LogP contribution in [0.1, 0.15) is 33.4 Å². The fourth-order valence-corrected chi connectivity index (χ4v) is 2.81. The number of rotatable bonds is 1. The van der Waals surface area contributed by atoms with E-state index in [9.17, 15) is 0 Å². The van der Waals surface area contributed by atoms with Crippen LogP contribution in [0, 0.1) is 41.5 Å². The van der Waals surface area contributed by atoms with Gasteiger partial charge in [0, 0.05) is 11.3 Å². The molecule has 0 aromatic heterocycles. The van der Waals surface area contributed by atoms with Crippen LogP contribution < -0.4 is 5.73 Å². The summed E-state index contributed by atoms with van der Waals surface area (Å²) in [5, 5.41) is 0. The molecule has 0 spiro atoms. The predicted octanol–water partition coefficient (Wildman–Crippen LogP) is 4.79. The van der Waals surface area contributed by atoms with Crippen molar-refractivity contribution >= 4 is 5.69 Å². The zero-order valence-corrected chi connectivity index (χ0v) is 12.8. The minimum atomic E-state index is 0.869. The Morgan fingerprint density at radius 1 is 0.684 bits per heavy atom. The van der Waals surface area contributed by atoms with Crippen LogP contribution in [0.4, 0.5) is 5.69 Å². The average Bonchev–Trinajstić information content (AvgIpc) is 2.37. The molecule has 2 rings (SSSR count).